The Labute approximate surface area is 143 Å². The summed E-state index contributed by atoms with van der Waals surface area (Å²) in [7, 11) is 0. The zero-order valence-corrected chi connectivity index (χ0v) is 13.1. The molecule has 2 aromatic carbocycles. The van der Waals surface area contributed by atoms with Crippen molar-refractivity contribution in [3.05, 3.63) is 71.7 Å². The van der Waals surface area contributed by atoms with Gasteiger partial charge >= 0.3 is 0 Å². The molecule has 0 unspecified atom stereocenters. The summed E-state index contributed by atoms with van der Waals surface area (Å²) in [5, 5.41) is 19.0. The van der Waals surface area contributed by atoms with Crippen molar-refractivity contribution in [1.29, 1.82) is 10.5 Å². The Morgan fingerprint density at radius 2 is 1.80 bits per heavy atom. The lowest BCUT2D eigenvalue weighted by Crippen LogP contribution is -2.01. The first kappa shape index (κ1) is 14.9. The highest BCUT2D eigenvalue weighted by Gasteiger charge is 2.17. The van der Waals surface area contributed by atoms with Crippen molar-refractivity contribution in [2.45, 2.75) is 6.42 Å². The van der Waals surface area contributed by atoms with Gasteiger partial charge < -0.3 is 0 Å². The fraction of sp³-hybridized carbons (Fsp3) is 0.0500. The maximum Gasteiger partial charge on any atom is 0.156 e. The van der Waals surface area contributed by atoms with Crippen molar-refractivity contribution in [2.75, 3.05) is 0 Å². The van der Waals surface area contributed by atoms with Crippen LogP contribution in [-0.4, -0.2) is 9.38 Å². The number of nitrogens with zero attached hydrogens (tertiary/aromatic N) is 4. The Morgan fingerprint density at radius 3 is 2.52 bits per heavy atom. The van der Waals surface area contributed by atoms with Crippen molar-refractivity contribution >= 4 is 16.7 Å². The van der Waals surface area contributed by atoms with E-state index in [4.69, 9.17) is 0 Å². The zero-order valence-electron chi connectivity index (χ0n) is 13.1. The number of hydrogen-bond acceptors (Lipinski definition) is 3. The largest absolute Gasteiger partial charge is 0.294 e. The van der Waals surface area contributed by atoms with Crippen LogP contribution in [0.3, 0.4) is 0 Å². The molecule has 0 radical (unpaired) electrons. The molecule has 0 fully saturated rings. The van der Waals surface area contributed by atoms with Gasteiger partial charge in [0.05, 0.1) is 23.5 Å². The van der Waals surface area contributed by atoms with E-state index in [1.165, 1.54) is 12.1 Å². The molecular weight excluding hydrogens is 315 g/mol. The number of fused-ring (bicyclic) bond motifs is 3. The van der Waals surface area contributed by atoms with Crippen LogP contribution in [0.15, 0.2) is 54.6 Å². The Balaban J connectivity index is 2.15. The molecule has 0 amide bonds. The van der Waals surface area contributed by atoms with Gasteiger partial charge in [-0.1, -0.05) is 24.3 Å². The van der Waals surface area contributed by atoms with Gasteiger partial charge in [0.15, 0.2) is 5.65 Å². The van der Waals surface area contributed by atoms with E-state index in [2.05, 4.69) is 17.1 Å². The van der Waals surface area contributed by atoms with E-state index in [0.717, 1.165) is 16.7 Å². The predicted molar refractivity (Wildman–Crippen MR) is 92.1 cm³/mol. The molecule has 0 aliphatic carbocycles. The van der Waals surface area contributed by atoms with E-state index < -0.39 is 0 Å². The molecule has 0 spiro atoms. The van der Waals surface area contributed by atoms with Gasteiger partial charge in [-0.15, -0.1) is 0 Å². The van der Waals surface area contributed by atoms with Crippen molar-refractivity contribution in [2.24, 2.45) is 0 Å². The van der Waals surface area contributed by atoms with Gasteiger partial charge in [0.1, 0.15) is 17.4 Å². The van der Waals surface area contributed by atoms with Crippen LogP contribution in [0, 0.1) is 28.5 Å². The fourth-order valence-corrected chi connectivity index (χ4v) is 3.09. The SMILES string of the molecule is N#CCc1cc(-c2ccc(F)cc2)c(C#N)c2nc3ccccc3n12. The van der Waals surface area contributed by atoms with Gasteiger partial charge in [-0.2, -0.15) is 10.5 Å². The lowest BCUT2D eigenvalue weighted by atomic mass is 10.00. The summed E-state index contributed by atoms with van der Waals surface area (Å²) in [4.78, 5) is 4.59. The number of nitriles is 2. The van der Waals surface area contributed by atoms with Gasteiger partial charge in [-0.3, -0.25) is 4.40 Å². The Morgan fingerprint density at radius 1 is 1.04 bits per heavy atom. The number of benzene rings is 2. The van der Waals surface area contributed by atoms with Gasteiger partial charge in [0.2, 0.25) is 0 Å². The molecule has 0 bridgehead atoms. The summed E-state index contributed by atoms with van der Waals surface area (Å²) in [5.41, 5.74) is 4.63. The second kappa shape index (κ2) is 5.74. The van der Waals surface area contributed by atoms with Crippen molar-refractivity contribution < 1.29 is 4.39 Å². The summed E-state index contributed by atoms with van der Waals surface area (Å²) in [6, 6.07) is 19.7. The van der Waals surface area contributed by atoms with Crippen LogP contribution in [0.4, 0.5) is 4.39 Å². The van der Waals surface area contributed by atoms with Crippen molar-refractivity contribution in [3.63, 3.8) is 0 Å². The van der Waals surface area contributed by atoms with Crippen LogP contribution in [-0.2, 0) is 6.42 Å². The minimum Gasteiger partial charge on any atom is -0.294 e. The maximum atomic E-state index is 13.3. The highest BCUT2D eigenvalue weighted by atomic mass is 19.1. The monoisotopic (exact) mass is 326 g/mol. The van der Waals surface area contributed by atoms with E-state index >= 15 is 0 Å². The molecule has 4 aromatic rings. The molecule has 118 valence electrons. The first-order valence-electron chi connectivity index (χ1n) is 7.69. The highest BCUT2D eigenvalue weighted by molar-refractivity contribution is 5.87. The fourth-order valence-electron chi connectivity index (χ4n) is 3.09. The molecule has 0 N–H and O–H groups in total. The lowest BCUT2D eigenvalue weighted by Gasteiger charge is -2.10. The van der Waals surface area contributed by atoms with E-state index in [1.807, 2.05) is 34.7 Å². The average Bonchev–Trinajstić information content (AvgIpc) is 3.02. The van der Waals surface area contributed by atoms with E-state index in [9.17, 15) is 14.9 Å². The molecule has 0 aliphatic heterocycles. The van der Waals surface area contributed by atoms with Crippen molar-refractivity contribution in [3.8, 4) is 23.3 Å². The van der Waals surface area contributed by atoms with E-state index in [-0.39, 0.29) is 12.2 Å². The summed E-state index contributed by atoms with van der Waals surface area (Å²) >= 11 is 0. The lowest BCUT2D eigenvalue weighted by molar-refractivity contribution is 0.628. The van der Waals surface area contributed by atoms with Gasteiger partial charge in [-0.25, -0.2) is 9.37 Å². The van der Waals surface area contributed by atoms with Gasteiger partial charge in [0.25, 0.3) is 0 Å². The summed E-state index contributed by atoms with van der Waals surface area (Å²) in [6.07, 6.45) is 0.177. The average molecular weight is 326 g/mol. The van der Waals surface area contributed by atoms with Crippen LogP contribution in [0.5, 0.6) is 0 Å². The number of pyridine rings is 1. The molecule has 0 aliphatic rings. The van der Waals surface area contributed by atoms with Crippen LogP contribution in [0.2, 0.25) is 0 Å². The smallest absolute Gasteiger partial charge is 0.156 e. The molecular formula is C20H11FN4. The van der Waals surface area contributed by atoms with Crippen LogP contribution in [0.1, 0.15) is 11.3 Å². The molecule has 5 heteroatoms. The Hall–Kier alpha value is -3.70. The normalized spacial score (nSPS) is 10.7. The maximum absolute atomic E-state index is 13.3. The number of halogens is 1. The molecule has 0 saturated carbocycles. The Kier molecular flexibility index (Phi) is 3.41. The molecule has 2 heterocycles. The van der Waals surface area contributed by atoms with Crippen LogP contribution < -0.4 is 0 Å². The second-order valence-corrected chi connectivity index (χ2v) is 5.64. The van der Waals surface area contributed by atoms with Gasteiger partial charge in [0, 0.05) is 11.3 Å². The third kappa shape index (κ3) is 2.31. The number of rotatable bonds is 2. The van der Waals surface area contributed by atoms with Crippen LogP contribution in [0.25, 0.3) is 27.8 Å². The minimum atomic E-state index is -0.341. The molecule has 4 nitrogen and oxygen atoms in total. The first-order valence-corrected chi connectivity index (χ1v) is 7.69. The Bertz CT molecular complexity index is 1190. The molecule has 4 rings (SSSR count). The highest BCUT2D eigenvalue weighted by Crippen LogP contribution is 2.31. The third-order valence-corrected chi connectivity index (χ3v) is 4.18. The van der Waals surface area contributed by atoms with Crippen molar-refractivity contribution in [1.82, 2.24) is 9.38 Å². The minimum absolute atomic E-state index is 0.177. The molecule has 0 saturated heterocycles. The van der Waals surface area contributed by atoms with Crippen LogP contribution >= 0.6 is 0 Å². The van der Waals surface area contributed by atoms with Gasteiger partial charge in [-0.05, 0) is 35.9 Å². The standard InChI is InChI=1S/C20H11FN4/c21-14-7-5-13(6-8-14)16-11-15(9-10-22)25-19-4-2-1-3-18(19)24-20(25)17(16)12-23/h1-8,11H,9H2. The number of imidazole rings is 1. The number of para-hydroxylation sites is 2. The number of aromatic nitrogens is 2. The number of hydrogen-bond donors (Lipinski definition) is 0. The summed E-state index contributed by atoms with van der Waals surface area (Å²) in [5.74, 6) is -0.341. The first-order chi connectivity index (χ1) is 12.2. The molecule has 2 aromatic heterocycles. The zero-order chi connectivity index (χ0) is 17.4. The predicted octanol–water partition coefficient (Wildman–Crippen LogP) is 4.23. The molecule has 0 atom stereocenters. The van der Waals surface area contributed by atoms with E-state index in [1.54, 1.807) is 12.1 Å². The summed E-state index contributed by atoms with van der Waals surface area (Å²) in [6.45, 7) is 0. The molecule has 25 heavy (non-hydrogen) atoms. The summed E-state index contributed by atoms with van der Waals surface area (Å²) < 4.78 is 15.1. The quantitative estimate of drug-likeness (QED) is 0.553. The third-order valence-electron chi connectivity index (χ3n) is 4.18. The van der Waals surface area contributed by atoms with E-state index in [0.29, 0.717) is 22.3 Å². The topological polar surface area (TPSA) is 64.9 Å². The second-order valence-electron chi connectivity index (χ2n) is 5.64.